The summed E-state index contributed by atoms with van der Waals surface area (Å²) in [4.78, 5) is 21.6. The summed E-state index contributed by atoms with van der Waals surface area (Å²) >= 11 is 5.80. The zero-order valence-electron chi connectivity index (χ0n) is 9.69. The predicted octanol–water partition coefficient (Wildman–Crippen LogP) is 1.10. The van der Waals surface area contributed by atoms with E-state index in [9.17, 15) is 9.59 Å². The van der Waals surface area contributed by atoms with E-state index in [2.05, 4.69) is 5.32 Å². The Morgan fingerprint density at radius 1 is 1.39 bits per heavy atom. The van der Waals surface area contributed by atoms with Crippen molar-refractivity contribution in [3.8, 4) is 0 Å². The van der Waals surface area contributed by atoms with Crippen LogP contribution in [0.2, 0.25) is 5.02 Å². The summed E-state index contributed by atoms with van der Waals surface area (Å²) in [5.74, 6) is -1.18. The van der Waals surface area contributed by atoms with Gasteiger partial charge >= 0.3 is 5.97 Å². The Bertz CT molecular complexity index is 422. The van der Waals surface area contributed by atoms with Crippen LogP contribution >= 0.6 is 11.6 Å². The van der Waals surface area contributed by atoms with Gasteiger partial charge in [0.25, 0.3) is 0 Å². The van der Waals surface area contributed by atoms with Crippen LogP contribution in [-0.4, -0.2) is 36.7 Å². The van der Waals surface area contributed by atoms with Gasteiger partial charge in [0.05, 0.1) is 13.0 Å². The Hall–Kier alpha value is -1.59. The molecule has 0 radical (unpaired) electrons. The zero-order chi connectivity index (χ0) is 13.4. The molecule has 1 amide bonds. The highest BCUT2D eigenvalue weighted by atomic mass is 35.5. The van der Waals surface area contributed by atoms with Crippen molar-refractivity contribution in [1.82, 2.24) is 5.32 Å². The summed E-state index contributed by atoms with van der Waals surface area (Å²) in [5.41, 5.74) is 0.825. The number of carboxylic acids is 1. The monoisotopic (exact) mass is 271 g/mol. The number of amides is 1. The lowest BCUT2D eigenvalue weighted by molar-refractivity contribution is -0.142. The van der Waals surface area contributed by atoms with Gasteiger partial charge in [0, 0.05) is 11.6 Å². The number of aliphatic carboxylic acids is 1. The first-order chi connectivity index (χ1) is 8.58. The van der Waals surface area contributed by atoms with Gasteiger partial charge in [0.15, 0.2) is 0 Å². The molecule has 0 fully saturated rings. The quantitative estimate of drug-likeness (QED) is 0.728. The lowest BCUT2D eigenvalue weighted by Gasteiger charge is -2.05. The number of rotatable bonds is 7. The summed E-state index contributed by atoms with van der Waals surface area (Å²) in [5, 5.41) is 11.5. The van der Waals surface area contributed by atoms with Crippen molar-refractivity contribution in [3.63, 3.8) is 0 Å². The predicted molar refractivity (Wildman–Crippen MR) is 66.6 cm³/mol. The fourth-order valence-electron chi connectivity index (χ4n) is 1.32. The first kappa shape index (κ1) is 14.5. The maximum absolute atomic E-state index is 11.5. The highest BCUT2D eigenvalue weighted by Gasteiger charge is 2.03. The third-order valence-electron chi connectivity index (χ3n) is 2.05. The fourth-order valence-corrected chi connectivity index (χ4v) is 1.53. The maximum atomic E-state index is 11.5. The van der Waals surface area contributed by atoms with Gasteiger partial charge in [0.1, 0.15) is 6.61 Å². The number of halogens is 1. The molecule has 1 aromatic carbocycles. The van der Waals surface area contributed by atoms with Gasteiger partial charge in [-0.3, -0.25) is 4.79 Å². The van der Waals surface area contributed by atoms with Crippen molar-refractivity contribution >= 4 is 23.5 Å². The number of ether oxygens (including phenoxy) is 1. The summed E-state index contributed by atoms with van der Waals surface area (Å²) in [6, 6.07) is 7.05. The van der Waals surface area contributed by atoms with E-state index in [1.807, 2.05) is 6.07 Å². The number of nitrogens with one attached hydrogen (secondary N) is 1. The maximum Gasteiger partial charge on any atom is 0.329 e. The topological polar surface area (TPSA) is 75.6 Å². The van der Waals surface area contributed by atoms with Gasteiger partial charge in [-0.25, -0.2) is 4.79 Å². The van der Waals surface area contributed by atoms with Crippen molar-refractivity contribution in [1.29, 1.82) is 0 Å². The molecular formula is C12H14ClNO4. The van der Waals surface area contributed by atoms with Gasteiger partial charge in [-0.2, -0.15) is 0 Å². The van der Waals surface area contributed by atoms with Gasteiger partial charge in [-0.15, -0.1) is 0 Å². The van der Waals surface area contributed by atoms with E-state index >= 15 is 0 Å². The van der Waals surface area contributed by atoms with Gasteiger partial charge in [-0.1, -0.05) is 23.7 Å². The number of carbonyl (C=O) groups excluding carboxylic acids is 1. The molecular weight excluding hydrogens is 258 g/mol. The van der Waals surface area contributed by atoms with E-state index in [4.69, 9.17) is 21.4 Å². The molecule has 0 atom stereocenters. The van der Waals surface area contributed by atoms with Crippen molar-refractivity contribution in [2.75, 3.05) is 19.8 Å². The summed E-state index contributed by atoms with van der Waals surface area (Å²) in [7, 11) is 0. The summed E-state index contributed by atoms with van der Waals surface area (Å²) in [6.45, 7) is 0.102. The van der Waals surface area contributed by atoms with Crippen LogP contribution in [0.5, 0.6) is 0 Å². The van der Waals surface area contributed by atoms with Crippen LogP contribution in [0, 0.1) is 0 Å². The Morgan fingerprint density at radius 2 is 2.17 bits per heavy atom. The average molecular weight is 272 g/mol. The van der Waals surface area contributed by atoms with Crippen LogP contribution < -0.4 is 5.32 Å². The Morgan fingerprint density at radius 3 is 2.83 bits per heavy atom. The molecule has 0 spiro atoms. The van der Waals surface area contributed by atoms with Gasteiger partial charge in [0.2, 0.25) is 5.91 Å². The normalized spacial score (nSPS) is 10.1. The molecule has 1 rings (SSSR count). The molecule has 0 aromatic heterocycles. The molecule has 0 unspecified atom stereocenters. The van der Waals surface area contributed by atoms with Crippen molar-refractivity contribution < 1.29 is 19.4 Å². The smallest absolute Gasteiger partial charge is 0.329 e. The molecule has 6 heteroatoms. The van der Waals surface area contributed by atoms with Crippen LogP contribution in [0.15, 0.2) is 24.3 Å². The van der Waals surface area contributed by atoms with E-state index in [0.717, 1.165) is 5.56 Å². The first-order valence-corrected chi connectivity index (χ1v) is 5.76. The lowest BCUT2D eigenvalue weighted by atomic mass is 10.1. The van der Waals surface area contributed by atoms with Crippen molar-refractivity contribution in [2.45, 2.75) is 6.42 Å². The van der Waals surface area contributed by atoms with E-state index in [-0.39, 0.29) is 32.1 Å². The fraction of sp³-hybridized carbons (Fsp3) is 0.333. The van der Waals surface area contributed by atoms with Crippen LogP contribution in [0.3, 0.4) is 0 Å². The minimum Gasteiger partial charge on any atom is -0.480 e. The number of hydrogen-bond donors (Lipinski definition) is 2. The molecule has 0 heterocycles. The molecule has 0 saturated heterocycles. The molecule has 0 saturated carbocycles. The minimum absolute atomic E-state index is 0.156. The first-order valence-electron chi connectivity index (χ1n) is 5.38. The molecule has 1 aromatic rings. The Balaban J connectivity index is 2.20. The largest absolute Gasteiger partial charge is 0.480 e. The summed E-state index contributed by atoms with van der Waals surface area (Å²) in [6.07, 6.45) is 0.236. The number of benzene rings is 1. The Labute approximate surface area is 110 Å². The lowest BCUT2D eigenvalue weighted by Crippen LogP contribution is -2.29. The van der Waals surface area contributed by atoms with Crippen LogP contribution in [0.25, 0.3) is 0 Å². The molecule has 98 valence electrons. The van der Waals surface area contributed by atoms with E-state index in [1.165, 1.54) is 0 Å². The SMILES string of the molecule is O=C(O)COCCNC(=O)Cc1cccc(Cl)c1. The van der Waals surface area contributed by atoms with Crippen LogP contribution in [-0.2, 0) is 20.7 Å². The van der Waals surface area contributed by atoms with Crippen LogP contribution in [0.4, 0.5) is 0 Å². The summed E-state index contributed by atoms with van der Waals surface area (Å²) < 4.78 is 4.78. The van der Waals surface area contributed by atoms with Gasteiger partial charge in [-0.05, 0) is 17.7 Å². The standard InChI is InChI=1S/C12H14ClNO4/c13-10-3-1-2-9(6-10)7-11(15)14-4-5-18-8-12(16)17/h1-3,6H,4-5,7-8H2,(H,14,15)(H,16,17). The highest BCUT2D eigenvalue weighted by molar-refractivity contribution is 6.30. The third-order valence-corrected chi connectivity index (χ3v) is 2.28. The molecule has 0 aliphatic rings. The minimum atomic E-state index is -1.03. The van der Waals surface area contributed by atoms with Crippen molar-refractivity contribution in [3.05, 3.63) is 34.9 Å². The zero-order valence-corrected chi connectivity index (χ0v) is 10.4. The second-order valence-corrected chi connectivity index (χ2v) is 4.04. The van der Waals surface area contributed by atoms with Crippen molar-refractivity contribution in [2.24, 2.45) is 0 Å². The van der Waals surface area contributed by atoms with E-state index < -0.39 is 5.97 Å². The second kappa shape index (κ2) is 7.68. The molecule has 2 N–H and O–H groups in total. The van der Waals surface area contributed by atoms with E-state index in [1.54, 1.807) is 18.2 Å². The van der Waals surface area contributed by atoms with Crippen LogP contribution in [0.1, 0.15) is 5.56 Å². The number of carbonyl (C=O) groups is 2. The van der Waals surface area contributed by atoms with Gasteiger partial charge < -0.3 is 15.2 Å². The molecule has 0 aliphatic carbocycles. The molecule has 0 bridgehead atoms. The number of hydrogen-bond acceptors (Lipinski definition) is 3. The molecule has 5 nitrogen and oxygen atoms in total. The number of carboxylic acid groups (broad SMARTS) is 1. The molecule has 18 heavy (non-hydrogen) atoms. The highest BCUT2D eigenvalue weighted by Crippen LogP contribution is 2.10. The van der Waals surface area contributed by atoms with E-state index in [0.29, 0.717) is 5.02 Å². The average Bonchev–Trinajstić information content (AvgIpc) is 2.28. The molecule has 0 aliphatic heterocycles. The Kier molecular flexibility index (Phi) is 6.18. The third kappa shape index (κ3) is 6.22. The second-order valence-electron chi connectivity index (χ2n) is 3.60.